The maximum Gasteiger partial charge on any atom is 0.143 e. The number of benzene rings is 2. The largest absolute Gasteiger partial charge is 0.380 e. The minimum absolute atomic E-state index is 0.0722. The van der Waals surface area contributed by atoms with Crippen molar-refractivity contribution in [2.24, 2.45) is 0 Å². The van der Waals surface area contributed by atoms with E-state index in [1.807, 2.05) is 12.1 Å². The van der Waals surface area contributed by atoms with E-state index in [2.05, 4.69) is 28.4 Å². The van der Waals surface area contributed by atoms with Crippen molar-refractivity contribution in [2.45, 2.75) is 25.8 Å². The summed E-state index contributed by atoms with van der Waals surface area (Å²) in [5.41, 5.74) is 3.01. The monoisotopic (exact) mass is 309 g/mol. The van der Waals surface area contributed by atoms with Crippen molar-refractivity contribution >= 4 is 11.4 Å². The summed E-state index contributed by atoms with van der Waals surface area (Å²) in [4.78, 5) is 2.41. The van der Waals surface area contributed by atoms with Crippen LogP contribution in [0.3, 0.4) is 0 Å². The average Bonchev–Trinajstić information content (AvgIpc) is 2.61. The number of para-hydroxylation sites is 1. The van der Waals surface area contributed by atoms with Crippen LogP contribution in [0.5, 0.6) is 0 Å². The molecule has 1 aliphatic heterocycles. The molecule has 23 heavy (non-hydrogen) atoms. The van der Waals surface area contributed by atoms with E-state index in [0.29, 0.717) is 12.2 Å². The summed E-state index contributed by atoms with van der Waals surface area (Å²) >= 11 is 0. The second-order valence-corrected chi connectivity index (χ2v) is 5.80. The first kappa shape index (κ1) is 15.4. The molecule has 2 aromatic carbocycles. The highest BCUT2D eigenvalue weighted by Crippen LogP contribution is 2.26. The van der Waals surface area contributed by atoms with Gasteiger partial charge in [-0.05, 0) is 43.0 Å². The highest BCUT2D eigenvalue weighted by atomic mass is 19.1. The maximum absolute atomic E-state index is 13.7. The summed E-state index contributed by atoms with van der Waals surface area (Å²) in [6.07, 6.45) is 3.75. The zero-order valence-corrected chi connectivity index (χ0v) is 13.1. The number of hydrogen-bond acceptors (Lipinski definition) is 3. The Hall–Kier alpha value is -2.54. The number of hydrogen-bond donors (Lipinski definition) is 1. The second kappa shape index (κ2) is 7.15. The van der Waals surface area contributed by atoms with Gasteiger partial charge in [-0.1, -0.05) is 24.3 Å². The molecule has 4 heteroatoms. The lowest BCUT2D eigenvalue weighted by molar-refractivity contribution is 0.576. The first-order chi connectivity index (χ1) is 11.3. The van der Waals surface area contributed by atoms with Crippen LogP contribution in [0.4, 0.5) is 15.8 Å². The van der Waals surface area contributed by atoms with Gasteiger partial charge in [0.15, 0.2) is 0 Å². The molecule has 0 aromatic heterocycles. The normalized spacial score (nSPS) is 14.3. The second-order valence-electron chi connectivity index (χ2n) is 5.80. The zero-order chi connectivity index (χ0) is 16.1. The predicted molar refractivity (Wildman–Crippen MR) is 90.9 cm³/mol. The third-order valence-corrected chi connectivity index (χ3v) is 4.28. The molecule has 0 saturated carbocycles. The minimum Gasteiger partial charge on any atom is -0.380 e. The molecule has 0 unspecified atom stereocenters. The van der Waals surface area contributed by atoms with E-state index in [1.165, 1.54) is 36.6 Å². The van der Waals surface area contributed by atoms with Crippen molar-refractivity contribution in [2.75, 3.05) is 23.3 Å². The molecular weight excluding hydrogens is 289 g/mol. The Morgan fingerprint density at radius 2 is 1.83 bits per heavy atom. The Morgan fingerprint density at radius 1 is 1.04 bits per heavy atom. The fourth-order valence-corrected chi connectivity index (χ4v) is 3.08. The van der Waals surface area contributed by atoms with Gasteiger partial charge in [0, 0.05) is 25.3 Å². The van der Waals surface area contributed by atoms with Crippen LogP contribution >= 0.6 is 0 Å². The number of nitriles is 1. The van der Waals surface area contributed by atoms with Crippen LogP contribution in [0.1, 0.15) is 30.4 Å². The molecule has 1 N–H and O–H groups in total. The van der Waals surface area contributed by atoms with Crippen molar-refractivity contribution in [3.8, 4) is 6.07 Å². The van der Waals surface area contributed by atoms with Crippen molar-refractivity contribution in [1.29, 1.82) is 5.26 Å². The Bertz CT molecular complexity index is 715. The summed E-state index contributed by atoms with van der Waals surface area (Å²) in [6, 6.07) is 14.9. The summed E-state index contributed by atoms with van der Waals surface area (Å²) in [6.45, 7) is 2.74. The average molecular weight is 309 g/mol. The number of nitrogens with zero attached hydrogens (tertiary/aromatic N) is 2. The van der Waals surface area contributed by atoms with E-state index in [0.717, 1.165) is 13.1 Å². The van der Waals surface area contributed by atoms with E-state index < -0.39 is 5.82 Å². The van der Waals surface area contributed by atoms with Crippen molar-refractivity contribution in [3.05, 3.63) is 59.4 Å². The van der Waals surface area contributed by atoms with Crippen LogP contribution < -0.4 is 10.2 Å². The quantitative estimate of drug-likeness (QED) is 0.915. The van der Waals surface area contributed by atoms with E-state index in [-0.39, 0.29) is 5.56 Å². The molecule has 0 atom stereocenters. The third kappa shape index (κ3) is 3.45. The lowest BCUT2D eigenvalue weighted by Crippen LogP contribution is -2.30. The molecular formula is C19H20FN3. The van der Waals surface area contributed by atoms with Gasteiger partial charge >= 0.3 is 0 Å². The lowest BCUT2D eigenvalue weighted by Gasteiger charge is -2.30. The first-order valence-electron chi connectivity index (χ1n) is 8.05. The molecule has 0 aliphatic carbocycles. The third-order valence-electron chi connectivity index (χ3n) is 4.28. The minimum atomic E-state index is -0.484. The lowest BCUT2D eigenvalue weighted by atomic mass is 10.1. The summed E-state index contributed by atoms with van der Waals surface area (Å²) in [5.74, 6) is -0.484. The number of rotatable bonds is 4. The maximum atomic E-state index is 13.7. The van der Waals surface area contributed by atoms with Crippen molar-refractivity contribution in [3.63, 3.8) is 0 Å². The van der Waals surface area contributed by atoms with Crippen molar-refractivity contribution < 1.29 is 4.39 Å². The SMILES string of the molecule is N#Cc1c(F)cccc1NCc1ccccc1N1CCCCC1. The molecule has 0 amide bonds. The number of anilines is 2. The van der Waals surface area contributed by atoms with Crippen LogP contribution in [0.25, 0.3) is 0 Å². The Balaban J connectivity index is 1.79. The van der Waals surface area contributed by atoms with Gasteiger partial charge in [0.05, 0.1) is 5.69 Å². The van der Waals surface area contributed by atoms with Gasteiger partial charge in [-0.2, -0.15) is 5.26 Å². The van der Waals surface area contributed by atoms with Gasteiger partial charge in [-0.3, -0.25) is 0 Å². The Kier molecular flexibility index (Phi) is 4.77. The Morgan fingerprint density at radius 3 is 2.61 bits per heavy atom. The highest BCUT2D eigenvalue weighted by Gasteiger charge is 2.14. The molecule has 118 valence electrons. The molecule has 1 fully saturated rings. The van der Waals surface area contributed by atoms with Gasteiger partial charge in [0.25, 0.3) is 0 Å². The van der Waals surface area contributed by atoms with Crippen LogP contribution in [-0.2, 0) is 6.54 Å². The fraction of sp³-hybridized carbons (Fsp3) is 0.316. The van der Waals surface area contributed by atoms with Crippen LogP contribution in [-0.4, -0.2) is 13.1 Å². The van der Waals surface area contributed by atoms with Gasteiger partial charge in [0.1, 0.15) is 17.4 Å². The summed E-state index contributed by atoms with van der Waals surface area (Å²) in [5, 5.41) is 12.3. The summed E-state index contributed by atoms with van der Waals surface area (Å²) < 4.78 is 13.7. The standard InChI is InChI=1S/C19H20FN3/c20-17-8-6-9-18(16(17)13-21)22-14-15-7-2-3-10-19(15)23-11-4-1-5-12-23/h2-3,6-10,22H,1,4-5,11-12,14H2. The van der Waals surface area contributed by atoms with Crippen molar-refractivity contribution in [1.82, 2.24) is 0 Å². The highest BCUT2D eigenvalue weighted by molar-refractivity contribution is 5.60. The number of halogens is 1. The number of piperidine rings is 1. The van der Waals surface area contributed by atoms with Gasteiger partial charge in [0.2, 0.25) is 0 Å². The number of nitrogens with one attached hydrogen (secondary N) is 1. The molecule has 0 radical (unpaired) electrons. The van der Waals surface area contributed by atoms with E-state index in [4.69, 9.17) is 5.26 Å². The van der Waals surface area contributed by atoms with Crippen LogP contribution in [0.2, 0.25) is 0 Å². The van der Waals surface area contributed by atoms with E-state index in [1.54, 1.807) is 12.1 Å². The van der Waals surface area contributed by atoms with Gasteiger partial charge in [-0.25, -0.2) is 4.39 Å². The topological polar surface area (TPSA) is 39.1 Å². The molecule has 2 aromatic rings. The zero-order valence-electron chi connectivity index (χ0n) is 13.1. The fourth-order valence-electron chi connectivity index (χ4n) is 3.08. The molecule has 3 rings (SSSR count). The Labute approximate surface area is 136 Å². The smallest absolute Gasteiger partial charge is 0.143 e. The van der Waals surface area contributed by atoms with Crippen LogP contribution in [0, 0.1) is 17.1 Å². The molecule has 1 aliphatic rings. The molecule has 1 heterocycles. The first-order valence-corrected chi connectivity index (χ1v) is 8.05. The van der Waals surface area contributed by atoms with Gasteiger partial charge < -0.3 is 10.2 Å². The predicted octanol–water partition coefficient (Wildman–Crippen LogP) is 4.30. The van der Waals surface area contributed by atoms with E-state index >= 15 is 0 Å². The van der Waals surface area contributed by atoms with E-state index in [9.17, 15) is 4.39 Å². The van der Waals surface area contributed by atoms with Gasteiger partial charge in [-0.15, -0.1) is 0 Å². The molecule has 3 nitrogen and oxygen atoms in total. The van der Waals surface area contributed by atoms with Crippen LogP contribution in [0.15, 0.2) is 42.5 Å². The molecule has 0 bridgehead atoms. The molecule has 1 saturated heterocycles. The molecule has 0 spiro atoms. The summed E-state index contributed by atoms with van der Waals surface area (Å²) in [7, 11) is 0.